The van der Waals surface area contributed by atoms with Crippen molar-refractivity contribution in [3.05, 3.63) is 166 Å². The number of aryl methyl sites for hydroxylation is 1. The van der Waals surface area contributed by atoms with Gasteiger partial charge in [0.05, 0.1) is 6.42 Å². The van der Waals surface area contributed by atoms with Crippen LogP contribution in [-0.4, -0.2) is 74.0 Å². The maximum absolute atomic E-state index is 14.2. The van der Waals surface area contributed by atoms with Gasteiger partial charge in [-0.1, -0.05) is 138 Å². The third-order valence-corrected chi connectivity index (χ3v) is 10.2. The maximum Gasteiger partial charge on any atom is 0.407 e. The third kappa shape index (κ3) is 7.72. The molecule has 0 bridgehead atoms. The number of rotatable bonds is 12. The number of alkyl carbamates (subject to hydrolysis) is 1. The first-order valence-corrected chi connectivity index (χ1v) is 18.0. The first-order valence-electron chi connectivity index (χ1n) is 17.7. The quantitative estimate of drug-likeness (QED) is 0.106. The Morgan fingerprint density at radius 1 is 0.741 bits per heavy atom. The number of carbonyl (C=O) groups is 4. The summed E-state index contributed by atoms with van der Waals surface area (Å²) >= 11 is 6.83. The van der Waals surface area contributed by atoms with E-state index in [4.69, 9.17) is 21.1 Å². The predicted octanol–water partition coefficient (Wildman–Crippen LogP) is 7.33. The van der Waals surface area contributed by atoms with Gasteiger partial charge in [0, 0.05) is 48.8 Å². The zero-order valence-corrected chi connectivity index (χ0v) is 31.4. The van der Waals surface area contributed by atoms with E-state index in [0.717, 1.165) is 32.7 Å². The van der Waals surface area contributed by atoms with Crippen molar-refractivity contribution in [3.8, 4) is 11.1 Å². The standard InChI is InChI=1S/C44H42ClN3O6/c1-29-22-24-31(25-23-29)44(30-14-6-5-7-15-30,37-20-12-13-21-38(37)45)54-41(50)26-39(42(51)47(2)3)48(4)40(49)27-46-43(52)53-28-36-34-18-10-8-16-32(34)33-17-9-11-19-35(33)36/h5-25,36,39H,26-28H2,1-4H3,(H,46,52)/t39-,44?/m0/s1. The van der Waals surface area contributed by atoms with Crippen LogP contribution >= 0.6 is 11.6 Å². The van der Waals surface area contributed by atoms with Gasteiger partial charge in [-0.3, -0.25) is 14.4 Å². The number of hydrogen-bond donors (Lipinski definition) is 1. The van der Waals surface area contributed by atoms with E-state index in [0.29, 0.717) is 21.7 Å². The number of benzene rings is 5. The van der Waals surface area contributed by atoms with Crippen LogP contribution in [0.15, 0.2) is 127 Å². The number of nitrogens with zero attached hydrogens (tertiary/aromatic N) is 2. The Kier molecular flexibility index (Phi) is 11.5. The molecule has 276 valence electrons. The number of halogens is 1. The second kappa shape index (κ2) is 16.4. The molecule has 0 fully saturated rings. The summed E-state index contributed by atoms with van der Waals surface area (Å²) < 4.78 is 12.1. The fourth-order valence-corrected chi connectivity index (χ4v) is 7.28. The van der Waals surface area contributed by atoms with E-state index < -0.39 is 48.5 Å². The van der Waals surface area contributed by atoms with Crippen molar-refractivity contribution in [2.24, 2.45) is 0 Å². The summed E-state index contributed by atoms with van der Waals surface area (Å²) in [7, 11) is 4.50. The van der Waals surface area contributed by atoms with Crippen LogP contribution in [0.2, 0.25) is 5.02 Å². The van der Waals surface area contributed by atoms with E-state index in [9.17, 15) is 19.2 Å². The van der Waals surface area contributed by atoms with Crippen molar-refractivity contribution in [3.63, 3.8) is 0 Å². The summed E-state index contributed by atoms with van der Waals surface area (Å²) in [6, 6.07) is 38.7. The Hall–Kier alpha value is -5.93. The lowest BCUT2D eigenvalue weighted by Gasteiger charge is -2.37. The van der Waals surface area contributed by atoms with Crippen LogP contribution in [0, 0.1) is 6.92 Å². The van der Waals surface area contributed by atoms with Gasteiger partial charge in [-0.2, -0.15) is 0 Å². The molecule has 6 rings (SSSR count). The topological polar surface area (TPSA) is 105 Å². The van der Waals surface area contributed by atoms with E-state index in [2.05, 4.69) is 5.32 Å². The third-order valence-electron chi connectivity index (χ3n) is 9.83. The van der Waals surface area contributed by atoms with E-state index in [1.165, 1.54) is 26.0 Å². The van der Waals surface area contributed by atoms with Gasteiger partial charge in [0.15, 0.2) is 5.60 Å². The molecule has 10 heteroatoms. The molecule has 5 aromatic carbocycles. The molecule has 9 nitrogen and oxygen atoms in total. The van der Waals surface area contributed by atoms with Crippen LogP contribution in [0.5, 0.6) is 0 Å². The van der Waals surface area contributed by atoms with Crippen molar-refractivity contribution in [2.75, 3.05) is 34.3 Å². The van der Waals surface area contributed by atoms with Crippen LogP contribution in [0.1, 0.15) is 45.7 Å². The molecule has 0 aliphatic heterocycles. The average Bonchev–Trinajstić information content (AvgIpc) is 3.51. The Morgan fingerprint density at radius 3 is 1.91 bits per heavy atom. The number of fused-ring (bicyclic) bond motifs is 3. The fourth-order valence-electron chi connectivity index (χ4n) is 7.01. The van der Waals surface area contributed by atoms with Crippen molar-refractivity contribution in [1.82, 2.24) is 15.1 Å². The van der Waals surface area contributed by atoms with Gasteiger partial charge in [0.2, 0.25) is 11.8 Å². The highest BCUT2D eigenvalue weighted by Crippen LogP contribution is 2.45. The molecule has 5 aromatic rings. The highest BCUT2D eigenvalue weighted by Gasteiger charge is 2.43. The molecule has 1 N–H and O–H groups in total. The highest BCUT2D eigenvalue weighted by molar-refractivity contribution is 6.31. The summed E-state index contributed by atoms with van der Waals surface area (Å²) in [5.41, 5.74) is 5.65. The van der Waals surface area contributed by atoms with Crippen molar-refractivity contribution in [2.45, 2.75) is 30.9 Å². The molecule has 3 amide bonds. The number of nitrogens with one attached hydrogen (secondary N) is 1. The smallest absolute Gasteiger partial charge is 0.407 e. The van der Waals surface area contributed by atoms with Gasteiger partial charge >= 0.3 is 12.1 Å². The van der Waals surface area contributed by atoms with Crippen LogP contribution in [0.4, 0.5) is 4.79 Å². The lowest BCUT2D eigenvalue weighted by Crippen LogP contribution is -2.51. The Morgan fingerprint density at radius 2 is 1.30 bits per heavy atom. The van der Waals surface area contributed by atoms with Gasteiger partial charge in [-0.15, -0.1) is 0 Å². The Labute approximate surface area is 320 Å². The monoisotopic (exact) mass is 743 g/mol. The lowest BCUT2D eigenvalue weighted by molar-refractivity contribution is -0.158. The predicted molar refractivity (Wildman–Crippen MR) is 208 cm³/mol. The van der Waals surface area contributed by atoms with Gasteiger partial charge in [0.1, 0.15) is 19.2 Å². The summed E-state index contributed by atoms with van der Waals surface area (Å²) in [6.45, 7) is 1.58. The van der Waals surface area contributed by atoms with E-state index >= 15 is 0 Å². The Bertz CT molecular complexity index is 2110. The lowest BCUT2D eigenvalue weighted by atomic mass is 9.79. The molecule has 1 unspecified atom stereocenters. The average molecular weight is 744 g/mol. The second-order valence-electron chi connectivity index (χ2n) is 13.5. The van der Waals surface area contributed by atoms with Crippen LogP contribution in [0.3, 0.4) is 0 Å². The number of esters is 1. The molecular formula is C44H42ClN3O6. The van der Waals surface area contributed by atoms with Gasteiger partial charge in [-0.25, -0.2) is 4.79 Å². The zero-order chi connectivity index (χ0) is 38.4. The van der Waals surface area contributed by atoms with Crippen molar-refractivity contribution in [1.29, 1.82) is 0 Å². The summed E-state index contributed by atoms with van der Waals surface area (Å²) in [6.07, 6.45) is -1.26. The van der Waals surface area contributed by atoms with Gasteiger partial charge in [-0.05, 0) is 35.2 Å². The molecule has 0 saturated heterocycles. The molecule has 1 aliphatic carbocycles. The molecular weight excluding hydrogens is 702 g/mol. The van der Waals surface area contributed by atoms with Gasteiger partial charge in [0.25, 0.3) is 0 Å². The number of likely N-dealkylation sites (N-methyl/N-ethyl adjacent to an activating group) is 2. The molecule has 1 aliphatic rings. The Balaban J connectivity index is 1.19. The van der Waals surface area contributed by atoms with E-state index in [1.54, 1.807) is 18.2 Å². The zero-order valence-electron chi connectivity index (χ0n) is 30.6. The van der Waals surface area contributed by atoms with Gasteiger partial charge < -0.3 is 24.6 Å². The normalized spacial score (nSPS) is 13.4. The van der Waals surface area contributed by atoms with Crippen molar-refractivity contribution < 1.29 is 28.7 Å². The SMILES string of the molecule is Cc1ccc(C(OC(=O)C[C@@H](C(=O)N(C)C)N(C)C(=O)CNC(=O)OCC2c3ccccc3-c3ccccc32)(c2ccccc2)c2ccccc2Cl)cc1. The van der Waals surface area contributed by atoms with E-state index in [-0.39, 0.29) is 12.5 Å². The van der Waals surface area contributed by atoms with Crippen LogP contribution < -0.4 is 5.32 Å². The van der Waals surface area contributed by atoms with Crippen molar-refractivity contribution >= 4 is 35.5 Å². The molecule has 0 aromatic heterocycles. The van der Waals surface area contributed by atoms with Crippen LogP contribution in [0.25, 0.3) is 11.1 Å². The largest absolute Gasteiger partial charge is 0.449 e. The summed E-state index contributed by atoms with van der Waals surface area (Å²) in [5, 5.41) is 2.89. The highest BCUT2D eigenvalue weighted by atomic mass is 35.5. The molecule has 0 heterocycles. The number of hydrogen-bond acceptors (Lipinski definition) is 6. The molecule has 0 saturated carbocycles. The van der Waals surface area contributed by atoms with E-state index in [1.807, 2.05) is 116 Å². The second-order valence-corrected chi connectivity index (χ2v) is 13.9. The summed E-state index contributed by atoms with van der Waals surface area (Å²) in [5.74, 6) is -2.00. The molecule has 54 heavy (non-hydrogen) atoms. The molecule has 0 radical (unpaired) electrons. The molecule has 0 spiro atoms. The number of amides is 3. The first kappa shape index (κ1) is 37.8. The fraction of sp³-hybridized carbons (Fsp3) is 0.227. The first-order chi connectivity index (χ1) is 26.0. The minimum absolute atomic E-state index is 0.0764. The number of ether oxygens (including phenoxy) is 2. The minimum Gasteiger partial charge on any atom is -0.449 e. The van der Waals surface area contributed by atoms with Crippen LogP contribution in [-0.2, 0) is 29.5 Å². The minimum atomic E-state index is -1.50. The maximum atomic E-state index is 14.2. The number of carbonyl (C=O) groups excluding carboxylic acids is 4. The summed E-state index contributed by atoms with van der Waals surface area (Å²) in [4.78, 5) is 56.7. The molecule has 2 atom stereocenters.